The van der Waals surface area contributed by atoms with Crippen molar-refractivity contribution in [2.24, 2.45) is 18.7 Å². The third-order valence-corrected chi connectivity index (χ3v) is 4.00. The van der Waals surface area contributed by atoms with E-state index in [0.717, 1.165) is 30.2 Å². The molecule has 2 rings (SSSR count). The van der Waals surface area contributed by atoms with E-state index in [-0.39, 0.29) is 5.84 Å². The van der Waals surface area contributed by atoms with Crippen LogP contribution in [0.5, 0.6) is 0 Å². The monoisotopic (exact) mass is 264 g/mol. The number of anilines is 1. The third-order valence-electron chi connectivity index (χ3n) is 4.00. The molecular formula is C13H24N6. The maximum absolute atomic E-state index is 7.77. The molecule has 19 heavy (non-hydrogen) atoms. The number of aryl methyl sites for hydroxylation is 2. The number of amidine groups is 1. The van der Waals surface area contributed by atoms with E-state index in [2.05, 4.69) is 35.9 Å². The number of likely N-dealkylation sites (N-methyl/N-ethyl adjacent to an activating group) is 1. The van der Waals surface area contributed by atoms with E-state index in [9.17, 15) is 0 Å². The Labute approximate surface area is 114 Å². The van der Waals surface area contributed by atoms with Gasteiger partial charge in [-0.3, -0.25) is 10.1 Å². The van der Waals surface area contributed by atoms with Crippen molar-refractivity contribution >= 4 is 11.7 Å². The predicted octanol–water partition coefficient (Wildman–Crippen LogP) is 0.399. The van der Waals surface area contributed by atoms with Crippen molar-refractivity contribution in [1.29, 1.82) is 5.41 Å². The molecule has 3 N–H and O–H groups in total. The Balaban J connectivity index is 2.36. The van der Waals surface area contributed by atoms with Crippen molar-refractivity contribution in [1.82, 2.24) is 14.7 Å². The molecule has 6 heteroatoms. The van der Waals surface area contributed by atoms with Crippen LogP contribution in [0.2, 0.25) is 0 Å². The summed E-state index contributed by atoms with van der Waals surface area (Å²) in [5.41, 5.74) is 7.32. The zero-order chi connectivity index (χ0) is 14.3. The highest BCUT2D eigenvalue weighted by Crippen LogP contribution is 2.29. The number of nitrogens with one attached hydrogen (secondary N) is 1. The summed E-state index contributed by atoms with van der Waals surface area (Å²) >= 11 is 0. The Bertz CT molecular complexity index is 490. The van der Waals surface area contributed by atoms with Crippen LogP contribution in [-0.4, -0.2) is 53.7 Å². The summed E-state index contributed by atoms with van der Waals surface area (Å²) in [4.78, 5) is 4.56. The second kappa shape index (κ2) is 4.85. The van der Waals surface area contributed by atoms with Gasteiger partial charge in [-0.15, -0.1) is 0 Å². The molecule has 6 nitrogen and oxygen atoms in total. The molecule has 1 aromatic heterocycles. The quantitative estimate of drug-likeness (QED) is 0.612. The second-order valence-electron chi connectivity index (χ2n) is 5.73. The smallest absolute Gasteiger partial charge is 0.137 e. The minimum atomic E-state index is 0.0987. The Kier molecular flexibility index (Phi) is 3.54. The minimum absolute atomic E-state index is 0.0987. The molecular weight excluding hydrogens is 240 g/mol. The number of nitrogens with two attached hydrogens (primary N) is 1. The number of rotatable bonds is 3. The van der Waals surface area contributed by atoms with Gasteiger partial charge in [0.05, 0.1) is 11.3 Å². The Hall–Kier alpha value is -1.56. The predicted molar refractivity (Wildman–Crippen MR) is 77.8 cm³/mol. The highest BCUT2D eigenvalue weighted by molar-refractivity contribution is 6.01. The first-order chi connectivity index (χ1) is 8.82. The number of hydrogen-bond acceptors (Lipinski definition) is 4. The van der Waals surface area contributed by atoms with Crippen LogP contribution in [0.15, 0.2) is 0 Å². The van der Waals surface area contributed by atoms with Gasteiger partial charge in [0.15, 0.2) is 0 Å². The summed E-state index contributed by atoms with van der Waals surface area (Å²) in [6, 6.07) is 0.523. The highest BCUT2D eigenvalue weighted by Gasteiger charge is 2.34. The average Bonchev–Trinajstić information content (AvgIpc) is 2.78. The normalized spacial score (nSPS) is 23.4. The van der Waals surface area contributed by atoms with Gasteiger partial charge in [-0.1, -0.05) is 6.92 Å². The average molecular weight is 264 g/mol. The van der Waals surface area contributed by atoms with Crippen LogP contribution >= 0.6 is 0 Å². The standard InChI is InChI=1S/C13H24N6/c1-8-6-19(7-10(8)17(3)4)13-11(12(14)15)9(2)16-18(13)5/h8,10H,6-7H2,1-5H3,(H3,14,15). The van der Waals surface area contributed by atoms with E-state index in [1.54, 1.807) is 0 Å². The maximum Gasteiger partial charge on any atom is 0.137 e. The molecule has 2 atom stereocenters. The third kappa shape index (κ3) is 2.32. The molecule has 2 unspecified atom stereocenters. The summed E-state index contributed by atoms with van der Waals surface area (Å²) in [6.45, 7) is 6.10. The van der Waals surface area contributed by atoms with Gasteiger partial charge in [0, 0.05) is 26.2 Å². The first kappa shape index (κ1) is 13.9. The van der Waals surface area contributed by atoms with Gasteiger partial charge in [0.2, 0.25) is 0 Å². The highest BCUT2D eigenvalue weighted by atomic mass is 15.4. The Morgan fingerprint density at radius 2 is 2.05 bits per heavy atom. The van der Waals surface area contributed by atoms with Gasteiger partial charge in [-0.25, -0.2) is 0 Å². The lowest BCUT2D eigenvalue weighted by Gasteiger charge is -2.23. The molecule has 1 aliphatic heterocycles. The molecule has 1 fully saturated rings. The molecule has 1 aromatic rings. The van der Waals surface area contributed by atoms with Gasteiger partial charge < -0.3 is 15.5 Å². The molecule has 1 aliphatic rings. The molecule has 0 aliphatic carbocycles. The lowest BCUT2D eigenvalue weighted by molar-refractivity contribution is 0.266. The van der Waals surface area contributed by atoms with Gasteiger partial charge in [-0.05, 0) is 26.9 Å². The van der Waals surface area contributed by atoms with Crippen molar-refractivity contribution in [2.75, 3.05) is 32.1 Å². The first-order valence-electron chi connectivity index (χ1n) is 6.62. The van der Waals surface area contributed by atoms with Gasteiger partial charge in [0.1, 0.15) is 11.7 Å². The van der Waals surface area contributed by atoms with Crippen LogP contribution in [0.25, 0.3) is 0 Å². The largest absolute Gasteiger partial charge is 0.384 e. The van der Waals surface area contributed by atoms with Crippen molar-refractivity contribution < 1.29 is 0 Å². The molecule has 106 valence electrons. The molecule has 0 bridgehead atoms. The van der Waals surface area contributed by atoms with E-state index in [1.807, 2.05) is 18.7 Å². The summed E-state index contributed by atoms with van der Waals surface area (Å²) in [5, 5.41) is 12.2. The van der Waals surface area contributed by atoms with Gasteiger partial charge in [-0.2, -0.15) is 5.10 Å². The number of aromatic nitrogens is 2. The molecule has 0 spiro atoms. The molecule has 0 amide bonds. The summed E-state index contributed by atoms with van der Waals surface area (Å²) in [7, 11) is 6.15. The summed E-state index contributed by atoms with van der Waals surface area (Å²) < 4.78 is 1.84. The van der Waals surface area contributed by atoms with Crippen molar-refractivity contribution in [3.05, 3.63) is 11.3 Å². The SMILES string of the molecule is Cc1nn(C)c(N2CC(C)C(N(C)C)C2)c1C(=N)N. The Morgan fingerprint density at radius 3 is 2.53 bits per heavy atom. The van der Waals surface area contributed by atoms with Crippen LogP contribution < -0.4 is 10.6 Å². The van der Waals surface area contributed by atoms with E-state index >= 15 is 0 Å². The zero-order valence-electron chi connectivity index (χ0n) is 12.4. The second-order valence-corrected chi connectivity index (χ2v) is 5.73. The molecule has 1 saturated heterocycles. The van der Waals surface area contributed by atoms with Crippen molar-refractivity contribution in [3.8, 4) is 0 Å². The maximum atomic E-state index is 7.77. The molecule has 0 saturated carbocycles. The minimum Gasteiger partial charge on any atom is -0.384 e. The molecule has 0 aromatic carbocycles. The molecule has 0 radical (unpaired) electrons. The van der Waals surface area contributed by atoms with Crippen molar-refractivity contribution in [2.45, 2.75) is 19.9 Å². The first-order valence-corrected chi connectivity index (χ1v) is 6.62. The summed E-state index contributed by atoms with van der Waals surface area (Å²) in [6.07, 6.45) is 0. The topological polar surface area (TPSA) is 74.2 Å². The van der Waals surface area contributed by atoms with Crippen molar-refractivity contribution in [3.63, 3.8) is 0 Å². The van der Waals surface area contributed by atoms with E-state index in [0.29, 0.717) is 12.0 Å². The van der Waals surface area contributed by atoms with Crippen LogP contribution in [0, 0.1) is 18.3 Å². The lowest BCUT2D eigenvalue weighted by Crippen LogP contribution is -2.35. The van der Waals surface area contributed by atoms with Crippen LogP contribution in [0.3, 0.4) is 0 Å². The Morgan fingerprint density at radius 1 is 1.42 bits per heavy atom. The number of hydrogen-bond donors (Lipinski definition) is 2. The van der Waals surface area contributed by atoms with E-state index in [4.69, 9.17) is 11.1 Å². The fourth-order valence-corrected chi connectivity index (χ4v) is 3.12. The van der Waals surface area contributed by atoms with Gasteiger partial charge >= 0.3 is 0 Å². The van der Waals surface area contributed by atoms with Gasteiger partial charge in [0.25, 0.3) is 0 Å². The summed E-state index contributed by atoms with van der Waals surface area (Å²) in [5.74, 6) is 1.66. The zero-order valence-corrected chi connectivity index (χ0v) is 12.4. The van der Waals surface area contributed by atoms with E-state index < -0.39 is 0 Å². The van der Waals surface area contributed by atoms with E-state index in [1.165, 1.54) is 0 Å². The fourth-order valence-electron chi connectivity index (χ4n) is 3.12. The fraction of sp³-hybridized carbons (Fsp3) is 0.692. The van der Waals surface area contributed by atoms with Crippen LogP contribution in [-0.2, 0) is 7.05 Å². The molecule has 2 heterocycles. The van der Waals surface area contributed by atoms with Crippen LogP contribution in [0.4, 0.5) is 5.82 Å². The van der Waals surface area contributed by atoms with Crippen LogP contribution in [0.1, 0.15) is 18.2 Å². The number of nitrogens with zero attached hydrogens (tertiary/aromatic N) is 4. The lowest BCUT2D eigenvalue weighted by atomic mass is 10.1. The number of nitrogen functional groups attached to an aromatic ring is 1.